The van der Waals surface area contributed by atoms with Gasteiger partial charge in [0, 0.05) is 30.6 Å². The third-order valence-electron chi connectivity index (χ3n) is 6.35. The number of benzene rings is 1. The molecule has 1 aliphatic heterocycles. The number of amides is 1. The third-order valence-corrected chi connectivity index (χ3v) is 7.11. The zero-order valence-corrected chi connectivity index (χ0v) is 20.1. The van der Waals surface area contributed by atoms with E-state index in [0.717, 1.165) is 37.3 Å². The molecule has 35 heavy (non-hydrogen) atoms. The fourth-order valence-electron chi connectivity index (χ4n) is 4.15. The van der Waals surface area contributed by atoms with Crippen molar-refractivity contribution in [2.24, 2.45) is 5.41 Å². The van der Waals surface area contributed by atoms with E-state index in [1.54, 1.807) is 24.3 Å². The summed E-state index contributed by atoms with van der Waals surface area (Å²) in [5.41, 5.74) is 2.62. The monoisotopic (exact) mass is 510 g/mol. The molecule has 3 N–H and O–H groups in total. The van der Waals surface area contributed by atoms with Crippen molar-refractivity contribution in [1.82, 2.24) is 4.98 Å². The number of carbonyl (C=O) groups excluding carboxylic acids is 1. The second-order valence-corrected chi connectivity index (χ2v) is 9.82. The van der Waals surface area contributed by atoms with Crippen LogP contribution in [0.2, 0.25) is 0 Å². The van der Waals surface area contributed by atoms with Gasteiger partial charge in [-0.05, 0) is 55.4 Å². The van der Waals surface area contributed by atoms with Gasteiger partial charge in [0.1, 0.15) is 5.82 Å². The molecule has 0 bridgehead atoms. The Hall–Kier alpha value is -2.66. The van der Waals surface area contributed by atoms with E-state index in [2.05, 4.69) is 19.9 Å². The van der Waals surface area contributed by atoms with Crippen molar-refractivity contribution < 1.29 is 27.8 Å². The van der Waals surface area contributed by atoms with Crippen molar-refractivity contribution in [1.29, 1.82) is 0 Å². The van der Waals surface area contributed by atoms with Crippen molar-refractivity contribution in [2.45, 2.75) is 38.3 Å². The van der Waals surface area contributed by atoms with Crippen LogP contribution in [0.3, 0.4) is 0 Å². The van der Waals surface area contributed by atoms with Crippen LogP contribution in [0, 0.1) is 5.41 Å². The van der Waals surface area contributed by atoms with E-state index < -0.39 is 19.2 Å². The van der Waals surface area contributed by atoms with E-state index in [9.17, 15) is 18.0 Å². The molecule has 2 aliphatic rings. The molecule has 1 saturated carbocycles. The van der Waals surface area contributed by atoms with Crippen LogP contribution in [0.15, 0.2) is 36.4 Å². The number of hydrogen-bond donors (Lipinski definition) is 3. The van der Waals surface area contributed by atoms with Crippen LogP contribution in [0.25, 0.3) is 0 Å². The van der Waals surface area contributed by atoms with E-state index in [4.69, 9.17) is 9.84 Å². The SMILES string of the molecule is O=C(Nc1cccc(OCCC(F)(F)F)n1)c1ccc(NSCCO)cc1N1CCC2(CC1)CC2. The lowest BCUT2D eigenvalue weighted by molar-refractivity contribution is -0.139. The largest absolute Gasteiger partial charge is 0.477 e. The Labute approximate surface area is 206 Å². The van der Waals surface area contributed by atoms with Gasteiger partial charge in [-0.3, -0.25) is 4.79 Å². The van der Waals surface area contributed by atoms with Crippen molar-refractivity contribution in [3.8, 4) is 5.88 Å². The molecule has 1 aromatic carbocycles. The summed E-state index contributed by atoms with van der Waals surface area (Å²) in [6.45, 7) is 1.26. The summed E-state index contributed by atoms with van der Waals surface area (Å²) in [4.78, 5) is 19.6. The Kier molecular flexibility index (Phi) is 7.95. The van der Waals surface area contributed by atoms with Gasteiger partial charge < -0.3 is 24.8 Å². The van der Waals surface area contributed by atoms with Gasteiger partial charge in [0.2, 0.25) is 5.88 Å². The highest BCUT2D eigenvalue weighted by Gasteiger charge is 2.44. The van der Waals surface area contributed by atoms with Crippen LogP contribution >= 0.6 is 11.9 Å². The molecule has 7 nitrogen and oxygen atoms in total. The predicted octanol–water partition coefficient (Wildman–Crippen LogP) is 5.10. The fraction of sp³-hybridized carbons (Fsp3) is 0.500. The van der Waals surface area contributed by atoms with Crippen LogP contribution in [0.4, 0.5) is 30.4 Å². The molecule has 2 aromatic rings. The summed E-state index contributed by atoms with van der Waals surface area (Å²) in [7, 11) is 0. The zero-order chi connectivity index (χ0) is 24.9. The molecule has 1 aromatic heterocycles. The van der Waals surface area contributed by atoms with Gasteiger partial charge in [-0.25, -0.2) is 0 Å². The summed E-state index contributed by atoms with van der Waals surface area (Å²) in [6, 6.07) is 10.1. The smallest absolute Gasteiger partial charge is 0.392 e. The topological polar surface area (TPSA) is 86.7 Å². The van der Waals surface area contributed by atoms with Crippen LogP contribution < -0.4 is 19.7 Å². The van der Waals surface area contributed by atoms with Crippen LogP contribution in [-0.4, -0.2) is 54.2 Å². The lowest BCUT2D eigenvalue weighted by Gasteiger charge is -2.35. The highest BCUT2D eigenvalue weighted by Crippen LogP contribution is 2.54. The number of rotatable bonds is 10. The molecule has 190 valence electrons. The minimum absolute atomic E-state index is 0.0125. The molecule has 4 rings (SSSR count). The minimum Gasteiger partial charge on any atom is -0.477 e. The highest BCUT2D eigenvalue weighted by atomic mass is 32.2. The Balaban J connectivity index is 1.47. The van der Waals surface area contributed by atoms with Gasteiger partial charge in [0.25, 0.3) is 5.91 Å². The van der Waals surface area contributed by atoms with Crippen LogP contribution in [-0.2, 0) is 0 Å². The third kappa shape index (κ3) is 7.17. The van der Waals surface area contributed by atoms with Crippen molar-refractivity contribution in [3.05, 3.63) is 42.0 Å². The van der Waals surface area contributed by atoms with Gasteiger partial charge in [-0.15, -0.1) is 0 Å². The number of hydrogen-bond acceptors (Lipinski definition) is 7. The van der Waals surface area contributed by atoms with E-state index >= 15 is 0 Å². The molecule has 1 aliphatic carbocycles. The van der Waals surface area contributed by atoms with Gasteiger partial charge in [0.05, 0.1) is 30.9 Å². The number of alkyl halides is 3. The number of halogens is 3. The molecule has 0 atom stereocenters. The van der Waals surface area contributed by atoms with E-state index in [0.29, 0.717) is 16.7 Å². The van der Waals surface area contributed by atoms with Gasteiger partial charge in [-0.2, -0.15) is 18.2 Å². The number of piperidine rings is 1. The number of nitrogens with one attached hydrogen (secondary N) is 2. The number of aromatic nitrogens is 1. The second-order valence-electron chi connectivity index (χ2n) is 8.92. The summed E-state index contributed by atoms with van der Waals surface area (Å²) in [5, 5.41) is 11.8. The minimum atomic E-state index is -4.31. The molecule has 0 unspecified atom stereocenters. The fourth-order valence-corrected chi connectivity index (χ4v) is 4.63. The number of carbonyl (C=O) groups is 1. The lowest BCUT2D eigenvalue weighted by Crippen LogP contribution is -2.35. The first-order valence-electron chi connectivity index (χ1n) is 11.6. The molecule has 0 radical (unpaired) electrons. The molecule has 1 amide bonds. The van der Waals surface area contributed by atoms with Crippen molar-refractivity contribution in [3.63, 3.8) is 0 Å². The van der Waals surface area contributed by atoms with Crippen molar-refractivity contribution >= 4 is 35.0 Å². The Morgan fingerprint density at radius 3 is 2.63 bits per heavy atom. The van der Waals surface area contributed by atoms with Gasteiger partial charge in [-0.1, -0.05) is 18.0 Å². The zero-order valence-electron chi connectivity index (χ0n) is 19.2. The average Bonchev–Trinajstić information content (AvgIpc) is 3.58. The predicted molar refractivity (Wildman–Crippen MR) is 131 cm³/mol. The lowest BCUT2D eigenvalue weighted by atomic mass is 9.93. The Bertz CT molecular complexity index is 1020. The molecule has 2 fully saturated rings. The maximum Gasteiger partial charge on any atom is 0.392 e. The first kappa shape index (κ1) is 25.4. The van der Waals surface area contributed by atoms with Crippen molar-refractivity contribution in [2.75, 3.05) is 47.0 Å². The number of aliphatic hydroxyl groups excluding tert-OH is 1. The second kappa shape index (κ2) is 10.9. The summed E-state index contributed by atoms with van der Waals surface area (Å²) >= 11 is 1.38. The maximum absolute atomic E-state index is 13.2. The number of anilines is 3. The molecule has 11 heteroatoms. The Morgan fingerprint density at radius 1 is 1.17 bits per heavy atom. The molecule has 2 heterocycles. The standard InChI is InChI=1S/C24H29F3N4O3S/c25-24(26,27)10-14-34-21-3-1-2-20(28-21)29-22(33)18-5-4-17(30-35-15-13-32)16-19(18)31-11-8-23(6-7-23)9-12-31/h1-5,16,30,32H,6-15H2,(H,28,29,33). The number of nitrogens with zero attached hydrogens (tertiary/aromatic N) is 2. The Morgan fingerprint density at radius 2 is 1.94 bits per heavy atom. The summed E-state index contributed by atoms with van der Waals surface area (Å²) < 4.78 is 45.4. The number of pyridine rings is 1. The first-order valence-corrected chi connectivity index (χ1v) is 12.6. The van der Waals surface area contributed by atoms with E-state index in [-0.39, 0.29) is 24.2 Å². The average molecular weight is 511 g/mol. The van der Waals surface area contributed by atoms with E-state index in [1.807, 2.05) is 6.07 Å². The molecular formula is C24H29F3N4O3S. The maximum atomic E-state index is 13.2. The molecule has 1 spiro atoms. The quantitative estimate of drug-likeness (QED) is 0.303. The number of ether oxygens (including phenoxy) is 1. The first-order chi connectivity index (χ1) is 16.8. The highest BCUT2D eigenvalue weighted by molar-refractivity contribution is 8.00. The van der Waals surface area contributed by atoms with Gasteiger partial charge in [0.15, 0.2) is 0 Å². The normalized spacial score (nSPS) is 16.7. The molecular weight excluding hydrogens is 481 g/mol. The van der Waals surface area contributed by atoms with E-state index in [1.165, 1.54) is 30.9 Å². The van der Waals surface area contributed by atoms with Crippen LogP contribution in [0.1, 0.15) is 42.5 Å². The van der Waals surface area contributed by atoms with Gasteiger partial charge >= 0.3 is 6.18 Å². The summed E-state index contributed by atoms with van der Waals surface area (Å²) in [5.74, 6) is 0.387. The summed E-state index contributed by atoms with van der Waals surface area (Å²) in [6.07, 6.45) is -0.634. The number of aliphatic hydroxyl groups is 1. The van der Waals surface area contributed by atoms with Crippen LogP contribution in [0.5, 0.6) is 5.88 Å². The molecule has 1 saturated heterocycles.